The average molecular weight is 346 g/mol. The number of aliphatic hydroxyl groups is 1. The molecule has 1 atom stereocenters. The third-order valence-electron chi connectivity index (χ3n) is 4.93. The van der Waals surface area contributed by atoms with Crippen LogP contribution in [0.5, 0.6) is 0 Å². The summed E-state index contributed by atoms with van der Waals surface area (Å²) in [6, 6.07) is 31.6. The van der Waals surface area contributed by atoms with Gasteiger partial charge in [-0.2, -0.15) is 0 Å². The molecule has 0 radical (unpaired) electrons. The number of benzene rings is 3. The Morgan fingerprint density at radius 2 is 1.12 bits per heavy atom. The monoisotopic (exact) mass is 346 g/mol. The summed E-state index contributed by atoms with van der Waals surface area (Å²) in [5.41, 5.74) is 3.34. The standard InChI is InChI=1S/C24H26O2/c1-2-26-23(25)18-19-24(20-12-6-3-7-13-20,21-14-8-4-9-15-21)22-16-10-5-11-17-22/h3-17,23,25H,2,18-19H2,1H3. The van der Waals surface area contributed by atoms with Crippen molar-refractivity contribution in [2.24, 2.45) is 0 Å². The summed E-state index contributed by atoms with van der Waals surface area (Å²) in [4.78, 5) is 0. The average Bonchev–Trinajstić information content (AvgIpc) is 2.71. The first kappa shape index (κ1) is 18.4. The Labute approximate surface area is 156 Å². The summed E-state index contributed by atoms with van der Waals surface area (Å²) in [5.74, 6) is 0. The van der Waals surface area contributed by atoms with Gasteiger partial charge in [-0.25, -0.2) is 0 Å². The highest BCUT2D eigenvalue weighted by atomic mass is 16.6. The van der Waals surface area contributed by atoms with Crippen molar-refractivity contribution in [3.63, 3.8) is 0 Å². The zero-order valence-corrected chi connectivity index (χ0v) is 15.2. The molecule has 0 saturated carbocycles. The molecule has 134 valence electrons. The largest absolute Gasteiger partial charge is 0.368 e. The number of ether oxygens (including phenoxy) is 1. The SMILES string of the molecule is CCOC(O)CCC(c1ccccc1)(c1ccccc1)c1ccccc1. The van der Waals surface area contributed by atoms with Gasteiger partial charge in [0.15, 0.2) is 6.29 Å². The molecule has 0 aliphatic heterocycles. The van der Waals surface area contributed by atoms with Crippen molar-refractivity contribution in [2.45, 2.75) is 31.5 Å². The molecule has 3 rings (SSSR count). The molecule has 2 heteroatoms. The van der Waals surface area contributed by atoms with Crippen molar-refractivity contribution in [1.29, 1.82) is 0 Å². The number of rotatable bonds is 8. The van der Waals surface area contributed by atoms with E-state index in [2.05, 4.69) is 72.8 Å². The van der Waals surface area contributed by atoms with Gasteiger partial charge >= 0.3 is 0 Å². The highest BCUT2D eigenvalue weighted by molar-refractivity contribution is 5.50. The second kappa shape index (κ2) is 8.79. The molecule has 0 aliphatic carbocycles. The highest BCUT2D eigenvalue weighted by Crippen LogP contribution is 2.43. The lowest BCUT2D eigenvalue weighted by Crippen LogP contribution is -2.31. The summed E-state index contributed by atoms with van der Waals surface area (Å²) in [6.07, 6.45) is 0.564. The second-order valence-electron chi connectivity index (χ2n) is 6.45. The number of hydrogen-bond acceptors (Lipinski definition) is 2. The fourth-order valence-corrected chi connectivity index (χ4v) is 3.72. The molecule has 3 aromatic rings. The lowest BCUT2D eigenvalue weighted by Gasteiger charge is -2.36. The Bertz CT molecular complexity index is 672. The Morgan fingerprint density at radius 1 is 0.731 bits per heavy atom. The lowest BCUT2D eigenvalue weighted by atomic mass is 9.66. The Morgan fingerprint density at radius 3 is 1.46 bits per heavy atom. The lowest BCUT2D eigenvalue weighted by molar-refractivity contribution is -0.101. The van der Waals surface area contributed by atoms with Gasteiger partial charge in [0.1, 0.15) is 0 Å². The van der Waals surface area contributed by atoms with E-state index in [4.69, 9.17) is 4.74 Å². The van der Waals surface area contributed by atoms with Gasteiger partial charge in [0.05, 0.1) is 0 Å². The maximum absolute atomic E-state index is 10.2. The van der Waals surface area contributed by atoms with Gasteiger partial charge in [-0.15, -0.1) is 0 Å². The van der Waals surface area contributed by atoms with Crippen LogP contribution >= 0.6 is 0 Å². The third-order valence-corrected chi connectivity index (χ3v) is 4.93. The summed E-state index contributed by atoms with van der Waals surface area (Å²) in [6.45, 7) is 2.41. The Balaban J connectivity index is 2.15. The zero-order valence-electron chi connectivity index (χ0n) is 15.2. The maximum Gasteiger partial charge on any atom is 0.154 e. The molecular weight excluding hydrogens is 320 g/mol. The van der Waals surface area contributed by atoms with Crippen LogP contribution in [-0.4, -0.2) is 18.0 Å². The van der Waals surface area contributed by atoms with E-state index in [1.165, 1.54) is 16.7 Å². The van der Waals surface area contributed by atoms with Gasteiger partial charge < -0.3 is 9.84 Å². The number of aliphatic hydroxyl groups excluding tert-OH is 1. The van der Waals surface area contributed by atoms with Gasteiger partial charge in [0.25, 0.3) is 0 Å². The van der Waals surface area contributed by atoms with Crippen LogP contribution in [0.1, 0.15) is 36.5 Å². The van der Waals surface area contributed by atoms with Crippen molar-refractivity contribution in [1.82, 2.24) is 0 Å². The van der Waals surface area contributed by atoms with E-state index in [1.54, 1.807) is 0 Å². The van der Waals surface area contributed by atoms with Crippen molar-refractivity contribution in [3.05, 3.63) is 108 Å². The molecular formula is C24H26O2. The Hall–Kier alpha value is -2.42. The van der Waals surface area contributed by atoms with Crippen LogP contribution in [-0.2, 0) is 10.2 Å². The maximum atomic E-state index is 10.2. The first-order chi connectivity index (χ1) is 12.8. The molecule has 1 N–H and O–H groups in total. The molecule has 0 spiro atoms. The molecule has 1 unspecified atom stereocenters. The van der Waals surface area contributed by atoms with Crippen LogP contribution in [0.3, 0.4) is 0 Å². The van der Waals surface area contributed by atoms with E-state index >= 15 is 0 Å². The summed E-state index contributed by atoms with van der Waals surface area (Å²) in [7, 11) is 0. The fourth-order valence-electron chi connectivity index (χ4n) is 3.72. The van der Waals surface area contributed by atoms with E-state index in [0.29, 0.717) is 13.0 Å². The van der Waals surface area contributed by atoms with E-state index < -0.39 is 6.29 Å². The molecule has 3 aromatic carbocycles. The highest BCUT2D eigenvalue weighted by Gasteiger charge is 2.36. The molecule has 0 saturated heterocycles. The minimum Gasteiger partial charge on any atom is -0.368 e. The zero-order chi connectivity index (χ0) is 18.2. The van der Waals surface area contributed by atoms with E-state index in [-0.39, 0.29) is 5.41 Å². The summed E-state index contributed by atoms with van der Waals surface area (Å²) in [5, 5.41) is 10.2. The van der Waals surface area contributed by atoms with Crippen LogP contribution in [0.15, 0.2) is 91.0 Å². The van der Waals surface area contributed by atoms with Crippen molar-refractivity contribution in [3.8, 4) is 0 Å². The molecule has 0 fully saturated rings. The van der Waals surface area contributed by atoms with Crippen molar-refractivity contribution < 1.29 is 9.84 Å². The predicted molar refractivity (Wildman–Crippen MR) is 106 cm³/mol. The quantitative estimate of drug-likeness (QED) is 0.451. The normalized spacial score (nSPS) is 12.7. The minimum absolute atomic E-state index is 0.331. The Kier molecular flexibility index (Phi) is 6.21. The van der Waals surface area contributed by atoms with Gasteiger partial charge in [-0.1, -0.05) is 91.0 Å². The van der Waals surface area contributed by atoms with Crippen LogP contribution in [0.2, 0.25) is 0 Å². The van der Waals surface area contributed by atoms with Gasteiger partial charge in [-0.3, -0.25) is 0 Å². The molecule has 0 amide bonds. The van der Waals surface area contributed by atoms with Gasteiger partial charge in [0.2, 0.25) is 0 Å². The van der Waals surface area contributed by atoms with E-state index in [1.807, 2.05) is 25.1 Å². The molecule has 0 aliphatic rings. The molecule has 26 heavy (non-hydrogen) atoms. The van der Waals surface area contributed by atoms with E-state index in [0.717, 1.165) is 6.42 Å². The molecule has 0 heterocycles. The molecule has 0 bridgehead atoms. The minimum atomic E-state index is -0.754. The fraction of sp³-hybridized carbons (Fsp3) is 0.250. The summed E-state index contributed by atoms with van der Waals surface area (Å²) >= 11 is 0. The summed E-state index contributed by atoms with van der Waals surface area (Å²) < 4.78 is 5.40. The first-order valence-electron chi connectivity index (χ1n) is 9.23. The van der Waals surface area contributed by atoms with Crippen LogP contribution in [0, 0.1) is 0 Å². The van der Waals surface area contributed by atoms with Crippen LogP contribution in [0.4, 0.5) is 0 Å². The smallest absolute Gasteiger partial charge is 0.154 e. The van der Waals surface area contributed by atoms with Crippen LogP contribution < -0.4 is 0 Å². The second-order valence-corrected chi connectivity index (χ2v) is 6.45. The van der Waals surface area contributed by atoms with Crippen LogP contribution in [0.25, 0.3) is 0 Å². The number of hydrogen-bond donors (Lipinski definition) is 1. The topological polar surface area (TPSA) is 29.5 Å². The van der Waals surface area contributed by atoms with E-state index in [9.17, 15) is 5.11 Å². The predicted octanol–water partition coefficient (Wildman–Crippen LogP) is 5.16. The molecule has 0 aromatic heterocycles. The van der Waals surface area contributed by atoms with Gasteiger partial charge in [-0.05, 0) is 36.5 Å². The van der Waals surface area contributed by atoms with Crippen molar-refractivity contribution in [2.75, 3.05) is 6.61 Å². The first-order valence-corrected chi connectivity index (χ1v) is 9.23. The molecule has 2 nitrogen and oxygen atoms in total. The van der Waals surface area contributed by atoms with Crippen molar-refractivity contribution >= 4 is 0 Å². The third kappa shape index (κ3) is 3.87. The van der Waals surface area contributed by atoms with Gasteiger partial charge in [0, 0.05) is 12.0 Å².